The molecular weight excluding hydrogens is 344 g/mol. The second-order valence-corrected chi connectivity index (χ2v) is 8.51. The molecule has 6 heteroatoms. The number of piperidine rings is 1. The fraction of sp³-hybridized carbons (Fsp3) is 0.619. The Balaban J connectivity index is 1.24. The van der Waals surface area contributed by atoms with Crippen molar-refractivity contribution < 1.29 is 19.1 Å². The first-order valence-electron chi connectivity index (χ1n) is 10.1. The third-order valence-corrected chi connectivity index (χ3v) is 6.50. The highest BCUT2D eigenvalue weighted by Crippen LogP contribution is 2.42. The van der Waals surface area contributed by atoms with Crippen LogP contribution in [0.4, 0.5) is 0 Å². The van der Waals surface area contributed by atoms with E-state index in [1.165, 1.54) is 12.8 Å². The van der Waals surface area contributed by atoms with E-state index in [1.807, 2.05) is 23.1 Å². The first-order valence-corrected chi connectivity index (χ1v) is 10.1. The van der Waals surface area contributed by atoms with Crippen LogP contribution in [0.25, 0.3) is 0 Å². The highest BCUT2D eigenvalue weighted by atomic mass is 16.7. The molecule has 2 saturated heterocycles. The fourth-order valence-electron chi connectivity index (χ4n) is 4.74. The normalized spacial score (nSPS) is 26.9. The van der Waals surface area contributed by atoms with E-state index in [-0.39, 0.29) is 18.1 Å². The lowest BCUT2D eigenvalue weighted by Crippen LogP contribution is -2.51. The molecule has 4 aliphatic rings. The number of rotatable bonds is 4. The summed E-state index contributed by atoms with van der Waals surface area (Å²) in [5.41, 5.74) is 0.591. The first-order chi connectivity index (χ1) is 13.1. The van der Waals surface area contributed by atoms with Crippen molar-refractivity contribution in [2.24, 2.45) is 11.3 Å². The molecule has 3 aliphatic heterocycles. The monoisotopic (exact) mass is 370 g/mol. The molecule has 1 atom stereocenters. The minimum absolute atomic E-state index is 0.0952. The number of amides is 2. The van der Waals surface area contributed by atoms with Crippen LogP contribution in [0.2, 0.25) is 0 Å². The van der Waals surface area contributed by atoms with Gasteiger partial charge in [-0.15, -0.1) is 0 Å². The van der Waals surface area contributed by atoms with E-state index in [4.69, 9.17) is 9.47 Å². The van der Waals surface area contributed by atoms with Gasteiger partial charge in [-0.25, -0.2) is 0 Å². The Bertz CT molecular complexity index is 775. The second-order valence-electron chi connectivity index (χ2n) is 8.51. The van der Waals surface area contributed by atoms with Gasteiger partial charge in [0, 0.05) is 26.2 Å². The van der Waals surface area contributed by atoms with Crippen molar-refractivity contribution in [1.82, 2.24) is 9.80 Å². The third-order valence-electron chi connectivity index (χ3n) is 6.50. The van der Waals surface area contributed by atoms with Crippen molar-refractivity contribution in [2.45, 2.75) is 38.5 Å². The van der Waals surface area contributed by atoms with Gasteiger partial charge in [0.25, 0.3) is 0 Å². The van der Waals surface area contributed by atoms with Crippen LogP contribution < -0.4 is 9.47 Å². The van der Waals surface area contributed by atoms with Crippen LogP contribution in [0.3, 0.4) is 0 Å². The Morgan fingerprint density at radius 3 is 2.85 bits per heavy atom. The number of hydrogen-bond donors (Lipinski definition) is 0. The molecule has 0 N–H and O–H groups in total. The second kappa shape index (κ2) is 6.43. The Kier molecular flexibility index (Phi) is 4.02. The maximum absolute atomic E-state index is 13.1. The minimum Gasteiger partial charge on any atom is -0.454 e. The zero-order valence-electron chi connectivity index (χ0n) is 15.6. The highest BCUT2D eigenvalue weighted by molar-refractivity contribution is 5.86. The number of hydrogen-bond acceptors (Lipinski definition) is 4. The molecule has 1 spiro atoms. The van der Waals surface area contributed by atoms with Gasteiger partial charge in [-0.05, 0) is 55.7 Å². The van der Waals surface area contributed by atoms with Gasteiger partial charge in [0.1, 0.15) is 0 Å². The van der Waals surface area contributed by atoms with Crippen LogP contribution in [0.5, 0.6) is 11.5 Å². The maximum atomic E-state index is 13.1. The molecule has 1 aromatic rings. The summed E-state index contributed by atoms with van der Waals surface area (Å²) in [5, 5.41) is 0. The number of fused-ring (bicyclic) bond motifs is 1. The molecule has 5 rings (SSSR count). The van der Waals surface area contributed by atoms with E-state index in [9.17, 15) is 9.59 Å². The van der Waals surface area contributed by atoms with Crippen molar-refractivity contribution in [3.8, 4) is 11.5 Å². The molecule has 144 valence electrons. The topological polar surface area (TPSA) is 59.1 Å². The minimum atomic E-state index is -0.336. The van der Waals surface area contributed by atoms with E-state index in [0.717, 1.165) is 43.7 Å². The van der Waals surface area contributed by atoms with Crippen LogP contribution in [-0.2, 0) is 16.0 Å². The van der Waals surface area contributed by atoms with Crippen LogP contribution in [-0.4, -0.2) is 54.6 Å². The van der Waals surface area contributed by atoms with Gasteiger partial charge in [0.15, 0.2) is 11.5 Å². The number of ether oxygens (including phenoxy) is 2. The zero-order valence-corrected chi connectivity index (χ0v) is 15.6. The molecule has 3 fully saturated rings. The molecule has 1 aliphatic carbocycles. The van der Waals surface area contributed by atoms with E-state index in [0.29, 0.717) is 37.1 Å². The largest absolute Gasteiger partial charge is 0.454 e. The van der Waals surface area contributed by atoms with Gasteiger partial charge >= 0.3 is 0 Å². The van der Waals surface area contributed by atoms with E-state index >= 15 is 0 Å². The third kappa shape index (κ3) is 3.15. The van der Waals surface area contributed by atoms with Crippen LogP contribution in [0.1, 0.15) is 37.7 Å². The van der Waals surface area contributed by atoms with Crippen molar-refractivity contribution in [2.75, 3.05) is 33.0 Å². The lowest BCUT2D eigenvalue weighted by Gasteiger charge is -2.39. The number of likely N-dealkylation sites (tertiary alicyclic amines) is 2. The summed E-state index contributed by atoms with van der Waals surface area (Å²) in [5.74, 6) is 2.54. The standard InChI is InChI=1S/C21H26N2O4/c24-19(11-16-4-5-17-18(10-16)27-14-26-17)23-9-7-21(13-23)6-1-8-22(20(21)25)12-15-2-3-15/h4-5,10,15H,1-3,6-9,11-14H2. The summed E-state index contributed by atoms with van der Waals surface area (Å²) in [7, 11) is 0. The summed E-state index contributed by atoms with van der Waals surface area (Å²) in [6, 6.07) is 5.66. The molecule has 1 aromatic carbocycles. The van der Waals surface area contributed by atoms with Crippen molar-refractivity contribution in [3.63, 3.8) is 0 Å². The summed E-state index contributed by atoms with van der Waals surface area (Å²) in [6.07, 6.45) is 5.64. The quantitative estimate of drug-likeness (QED) is 0.815. The molecule has 27 heavy (non-hydrogen) atoms. The van der Waals surface area contributed by atoms with E-state index in [2.05, 4.69) is 4.90 Å². The van der Waals surface area contributed by atoms with Gasteiger partial charge in [0.2, 0.25) is 18.6 Å². The van der Waals surface area contributed by atoms with Crippen LogP contribution in [0.15, 0.2) is 18.2 Å². The predicted molar refractivity (Wildman–Crippen MR) is 98.4 cm³/mol. The lowest BCUT2D eigenvalue weighted by atomic mass is 9.78. The zero-order chi connectivity index (χ0) is 18.4. The van der Waals surface area contributed by atoms with E-state index in [1.54, 1.807) is 0 Å². The Morgan fingerprint density at radius 2 is 2.00 bits per heavy atom. The summed E-state index contributed by atoms with van der Waals surface area (Å²) in [6.45, 7) is 3.32. The number of carbonyl (C=O) groups is 2. The van der Waals surface area contributed by atoms with Gasteiger partial charge < -0.3 is 19.3 Å². The SMILES string of the molecule is O=C(Cc1ccc2c(c1)OCO2)N1CCC2(CCCN(CC3CC3)C2=O)C1. The first kappa shape index (κ1) is 16.9. The Hall–Kier alpha value is -2.24. The molecule has 2 amide bonds. The molecule has 0 aromatic heterocycles. The maximum Gasteiger partial charge on any atom is 0.231 e. The van der Waals surface area contributed by atoms with Crippen LogP contribution in [0, 0.1) is 11.3 Å². The fourth-order valence-corrected chi connectivity index (χ4v) is 4.74. The van der Waals surface area contributed by atoms with Gasteiger partial charge in [0.05, 0.1) is 11.8 Å². The highest BCUT2D eigenvalue weighted by Gasteiger charge is 2.49. The number of nitrogens with zero attached hydrogens (tertiary/aromatic N) is 2. The molecule has 3 heterocycles. The number of benzene rings is 1. The average Bonchev–Trinajstić information content (AvgIpc) is 3.18. The van der Waals surface area contributed by atoms with Gasteiger partial charge in [-0.1, -0.05) is 6.07 Å². The average molecular weight is 370 g/mol. The molecule has 0 bridgehead atoms. The predicted octanol–water partition coefficient (Wildman–Crippen LogP) is 2.21. The lowest BCUT2D eigenvalue weighted by molar-refractivity contribution is -0.146. The smallest absolute Gasteiger partial charge is 0.231 e. The molecular formula is C21H26N2O4. The van der Waals surface area contributed by atoms with Crippen molar-refractivity contribution in [3.05, 3.63) is 23.8 Å². The Morgan fingerprint density at radius 1 is 1.15 bits per heavy atom. The molecule has 1 unspecified atom stereocenters. The van der Waals surface area contributed by atoms with Crippen molar-refractivity contribution in [1.29, 1.82) is 0 Å². The molecule has 6 nitrogen and oxygen atoms in total. The number of carbonyl (C=O) groups excluding carboxylic acids is 2. The summed E-state index contributed by atoms with van der Waals surface area (Å²) >= 11 is 0. The van der Waals surface area contributed by atoms with Crippen molar-refractivity contribution >= 4 is 11.8 Å². The summed E-state index contributed by atoms with van der Waals surface area (Å²) < 4.78 is 10.7. The van der Waals surface area contributed by atoms with Crippen LogP contribution >= 0.6 is 0 Å². The summed E-state index contributed by atoms with van der Waals surface area (Å²) in [4.78, 5) is 29.9. The van der Waals surface area contributed by atoms with Gasteiger partial charge in [-0.3, -0.25) is 9.59 Å². The Labute approximate surface area is 159 Å². The molecule has 1 saturated carbocycles. The van der Waals surface area contributed by atoms with E-state index < -0.39 is 0 Å². The van der Waals surface area contributed by atoms with Gasteiger partial charge in [-0.2, -0.15) is 0 Å². The molecule has 0 radical (unpaired) electrons.